The van der Waals surface area contributed by atoms with Crippen LogP contribution in [0.15, 0.2) is 0 Å². The van der Waals surface area contributed by atoms with Crippen LogP contribution in [0.1, 0.15) is 78.6 Å². The van der Waals surface area contributed by atoms with Crippen LogP contribution in [0.2, 0.25) is 0 Å². The first kappa shape index (κ1) is 16.9. The number of rotatable bonds is 11. The first-order valence-corrected chi connectivity index (χ1v) is 7.50. The second kappa shape index (κ2) is 11.0. The van der Waals surface area contributed by atoms with Crippen molar-refractivity contribution >= 4 is 0 Å². The molecule has 17 heavy (non-hydrogen) atoms. The van der Waals surface area contributed by atoms with Crippen molar-refractivity contribution < 1.29 is 10.2 Å². The van der Waals surface area contributed by atoms with Crippen molar-refractivity contribution in [3.63, 3.8) is 0 Å². The van der Waals surface area contributed by atoms with Gasteiger partial charge in [-0.1, -0.05) is 52.9 Å². The van der Waals surface area contributed by atoms with E-state index in [4.69, 9.17) is 0 Å². The minimum absolute atomic E-state index is 0.312. The zero-order valence-corrected chi connectivity index (χ0v) is 12.0. The lowest BCUT2D eigenvalue weighted by Gasteiger charge is -2.19. The molecule has 0 heterocycles. The third-order valence-corrected chi connectivity index (χ3v) is 3.47. The fourth-order valence-electron chi connectivity index (χ4n) is 2.56. The normalized spacial score (nSPS) is 15.2. The largest absolute Gasteiger partial charge is 0.393 e. The highest BCUT2D eigenvalue weighted by Gasteiger charge is 2.14. The second-order valence-electron chi connectivity index (χ2n) is 5.35. The first-order valence-electron chi connectivity index (χ1n) is 7.50. The smallest absolute Gasteiger partial charge is 0.0565 e. The van der Waals surface area contributed by atoms with Crippen molar-refractivity contribution in [2.45, 2.75) is 90.8 Å². The fraction of sp³-hybridized carbons (Fsp3) is 1.00. The maximum atomic E-state index is 9.87. The van der Waals surface area contributed by atoms with Crippen LogP contribution in [0.5, 0.6) is 0 Å². The highest BCUT2D eigenvalue weighted by atomic mass is 16.3. The molecule has 0 spiro atoms. The molecule has 0 aromatic rings. The van der Waals surface area contributed by atoms with E-state index in [2.05, 4.69) is 20.8 Å². The highest BCUT2D eigenvalue weighted by Crippen LogP contribution is 2.21. The Morgan fingerprint density at radius 3 is 1.59 bits per heavy atom. The molecule has 0 aliphatic carbocycles. The van der Waals surface area contributed by atoms with E-state index in [1.165, 1.54) is 25.7 Å². The summed E-state index contributed by atoms with van der Waals surface area (Å²) < 4.78 is 0. The molecule has 0 aliphatic heterocycles. The van der Waals surface area contributed by atoms with Gasteiger partial charge in [0.25, 0.3) is 0 Å². The Bertz CT molecular complexity index is 153. The van der Waals surface area contributed by atoms with Crippen molar-refractivity contribution in [3.05, 3.63) is 0 Å². The average Bonchev–Trinajstić information content (AvgIpc) is 2.27. The maximum Gasteiger partial charge on any atom is 0.0565 e. The van der Waals surface area contributed by atoms with Crippen molar-refractivity contribution in [3.8, 4) is 0 Å². The number of aliphatic hydroxyl groups is 2. The van der Waals surface area contributed by atoms with E-state index < -0.39 is 0 Å². The predicted molar refractivity (Wildman–Crippen MR) is 74.1 cm³/mol. The Kier molecular flexibility index (Phi) is 11.0. The maximum absolute atomic E-state index is 9.87. The Labute approximate surface area is 107 Å². The SMILES string of the molecule is CCCC(O)CC(O)CCC(CCC)CCC. The fourth-order valence-corrected chi connectivity index (χ4v) is 2.56. The molecule has 0 bridgehead atoms. The minimum atomic E-state index is -0.314. The van der Waals surface area contributed by atoms with E-state index in [1.54, 1.807) is 0 Å². The van der Waals surface area contributed by atoms with Crippen LogP contribution in [0.25, 0.3) is 0 Å². The highest BCUT2D eigenvalue weighted by molar-refractivity contribution is 4.66. The lowest BCUT2D eigenvalue weighted by molar-refractivity contribution is 0.0662. The monoisotopic (exact) mass is 244 g/mol. The molecule has 0 amide bonds. The van der Waals surface area contributed by atoms with Gasteiger partial charge in [0.1, 0.15) is 0 Å². The number of hydrogen-bond donors (Lipinski definition) is 2. The van der Waals surface area contributed by atoms with Crippen LogP contribution >= 0.6 is 0 Å². The van der Waals surface area contributed by atoms with Gasteiger partial charge in [0.05, 0.1) is 12.2 Å². The van der Waals surface area contributed by atoms with Gasteiger partial charge in [-0.3, -0.25) is 0 Å². The summed E-state index contributed by atoms with van der Waals surface area (Å²) >= 11 is 0. The van der Waals surface area contributed by atoms with E-state index in [0.29, 0.717) is 6.42 Å². The van der Waals surface area contributed by atoms with Gasteiger partial charge < -0.3 is 10.2 Å². The predicted octanol–water partition coefficient (Wildman–Crippen LogP) is 3.90. The molecule has 2 atom stereocenters. The molecule has 0 saturated carbocycles. The summed E-state index contributed by atoms with van der Waals surface area (Å²) in [5.41, 5.74) is 0. The summed E-state index contributed by atoms with van der Waals surface area (Å²) in [7, 11) is 0. The zero-order valence-electron chi connectivity index (χ0n) is 12.0. The lowest BCUT2D eigenvalue weighted by atomic mass is 9.91. The van der Waals surface area contributed by atoms with E-state index in [1.807, 2.05) is 0 Å². The first-order chi connectivity index (χ1) is 8.13. The molecular formula is C15H32O2. The Morgan fingerprint density at radius 1 is 0.647 bits per heavy atom. The summed E-state index contributed by atoms with van der Waals surface area (Å²) in [5, 5.41) is 19.5. The second-order valence-corrected chi connectivity index (χ2v) is 5.35. The van der Waals surface area contributed by atoms with E-state index in [0.717, 1.165) is 31.6 Å². The van der Waals surface area contributed by atoms with Crippen molar-refractivity contribution in [1.29, 1.82) is 0 Å². The van der Waals surface area contributed by atoms with Gasteiger partial charge in [0.15, 0.2) is 0 Å². The third-order valence-electron chi connectivity index (χ3n) is 3.47. The molecule has 2 unspecified atom stereocenters. The van der Waals surface area contributed by atoms with E-state index in [-0.39, 0.29) is 12.2 Å². The summed E-state index contributed by atoms with van der Waals surface area (Å²) in [5.74, 6) is 0.767. The summed E-state index contributed by atoms with van der Waals surface area (Å²) in [6.07, 6.45) is 8.71. The molecular weight excluding hydrogens is 212 g/mol. The standard InChI is InChI=1S/C15H32O2/c1-4-7-13(8-5-2)10-11-15(17)12-14(16)9-6-3/h13-17H,4-12H2,1-3H3. The topological polar surface area (TPSA) is 40.5 Å². The van der Waals surface area contributed by atoms with Gasteiger partial charge in [-0.25, -0.2) is 0 Å². The molecule has 0 saturated heterocycles. The van der Waals surface area contributed by atoms with Gasteiger partial charge in [0, 0.05) is 0 Å². The third kappa shape index (κ3) is 9.61. The average molecular weight is 244 g/mol. The number of hydrogen-bond acceptors (Lipinski definition) is 2. The summed E-state index contributed by atoms with van der Waals surface area (Å²) in [6, 6.07) is 0. The van der Waals surface area contributed by atoms with Gasteiger partial charge >= 0.3 is 0 Å². The van der Waals surface area contributed by atoms with Crippen LogP contribution in [0.4, 0.5) is 0 Å². The molecule has 104 valence electrons. The Morgan fingerprint density at radius 2 is 1.12 bits per heavy atom. The van der Waals surface area contributed by atoms with Gasteiger partial charge in [0.2, 0.25) is 0 Å². The molecule has 0 aliphatic rings. The van der Waals surface area contributed by atoms with Crippen molar-refractivity contribution in [2.75, 3.05) is 0 Å². The molecule has 2 N–H and O–H groups in total. The van der Waals surface area contributed by atoms with Crippen LogP contribution in [-0.2, 0) is 0 Å². The summed E-state index contributed by atoms with van der Waals surface area (Å²) in [4.78, 5) is 0. The van der Waals surface area contributed by atoms with Crippen molar-refractivity contribution in [2.24, 2.45) is 5.92 Å². The molecule has 0 radical (unpaired) electrons. The van der Waals surface area contributed by atoms with Gasteiger partial charge in [-0.2, -0.15) is 0 Å². The molecule has 0 aromatic heterocycles. The quantitative estimate of drug-likeness (QED) is 0.579. The molecule has 2 nitrogen and oxygen atoms in total. The molecule has 2 heteroatoms. The van der Waals surface area contributed by atoms with Gasteiger partial charge in [-0.15, -0.1) is 0 Å². The van der Waals surface area contributed by atoms with E-state index in [9.17, 15) is 10.2 Å². The Hall–Kier alpha value is -0.0800. The van der Waals surface area contributed by atoms with E-state index >= 15 is 0 Å². The molecule has 0 aromatic carbocycles. The number of aliphatic hydroxyl groups excluding tert-OH is 2. The lowest BCUT2D eigenvalue weighted by Crippen LogP contribution is -2.18. The van der Waals surface area contributed by atoms with Crippen LogP contribution in [-0.4, -0.2) is 22.4 Å². The molecule has 0 fully saturated rings. The Balaban J connectivity index is 3.74. The molecule has 0 rings (SSSR count). The van der Waals surface area contributed by atoms with Crippen LogP contribution < -0.4 is 0 Å². The zero-order chi connectivity index (χ0) is 13.1. The van der Waals surface area contributed by atoms with Crippen LogP contribution in [0.3, 0.4) is 0 Å². The van der Waals surface area contributed by atoms with Gasteiger partial charge in [-0.05, 0) is 31.6 Å². The minimum Gasteiger partial charge on any atom is -0.393 e. The van der Waals surface area contributed by atoms with Crippen LogP contribution in [0, 0.1) is 5.92 Å². The summed E-state index contributed by atoms with van der Waals surface area (Å²) in [6.45, 7) is 6.52. The van der Waals surface area contributed by atoms with Crippen molar-refractivity contribution in [1.82, 2.24) is 0 Å².